The van der Waals surface area contributed by atoms with Gasteiger partial charge in [0.15, 0.2) is 11.4 Å². The Balaban J connectivity index is 1.21. The van der Waals surface area contributed by atoms with Gasteiger partial charge in [0.25, 0.3) is 0 Å². The quantitative estimate of drug-likeness (QED) is 0.268. The molecule has 2 aliphatic rings. The maximum Gasteiger partial charge on any atom is 0.387 e. The van der Waals surface area contributed by atoms with E-state index in [0.29, 0.717) is 43.1 Å². The summed E-state index contributed by atoms with van der Waals surface area (Å²) in [6, 6.07) is 14.2. The molecule has 0 aliphatic carbocycles. The number of para-hydroxylation sites is 1. The Morgan fingerprint density at radius 1 is 1.02 bits per heavy atom. The van der Waals surface area contributed by atoms with Crippen LogP contribution in [0.3, 0.4) is 0 Å². The first-order chi connectivity index (χ1) is 24.7. The number of fused-ring (bicyclic) bond motifs is 6. The van der Waals surface area contributed by atoms with Gasteiger partial charge in [0, 0.05) is 44.9 Å². The molecular weight excluding hydrogens is 665 g/mol. The number of aromatic nitrogens is 7. The number of nitrogens with one attached hydrogen (secondary N) is 1. The molecule has 1 saturated heterocycles. The van der Waals surface area contributed by atoms with Crippen molar-refractivity contribution in [3.05, 3.63) is 78.8 Å². The minimum Gasteiger partial charge on any atom is -0.432 e. The first kappa shape index (κ1) is 32.4. The Labute approximate surface area is 289 Å². The fourth-order valence-corrected chi connectivity index (χ4v) is 7.17. The molecule has 4 aromatic heterocycles. The Kier molecular flexibility index (Phi) is 8.17. The standard InChI is InChI=1S/C35H33F3N10O3/c1-19-42-26-8-4-6-23-25-7-5-9-30(44-25)43-21-13-28(34(49)45(2)16-22(50-3)17-46(19)31(23)26)47(15-21)32-24-14-41-48(33(24)40-18-39-32)27-11-10-20(36)12-29(27)51-35(37)38/h4-12,14,18,21-22,28,35H,13,15-17H2,1-3H3,(H,43,44)/t21-,22?,28-/m0/s1. The Morgan fingerprint density at radius 2 is 1.86 bits per heavy atom. The van der Waals surface area contributed by atoms with Gasteiger partial charge in [-0.15, -0.1) is 0 Å². The second-order valence-electron chi connectivity index (χ2n) is 12.7. The van der Waals surface area contributed by atoms with Gasteiger partial charge in [-0.2, -0.15) is 13.9 Å². The number of likely N-dealkylation sites (N-methyl/N-ethyl adjacent to an activating group) is 1. The molecule has 0 saturated carbocycles. The van der Waals surface area contributed by atoms with Crippen LogP contribution in [-0.4, -0.2) is 97.1 Å². The molecular formula is C35H33F3N10O3. The highest BCUT2D eigenvalue weighted by Crippen LogP contribution is 2.35. The molecule has 6 heterocycles. The molecule has 0 radical (unpaired) electrons. The summed E-state index contributed by atoms with van der Waals surface area (Å²) in [5.74, 6) is 0.598. The van der Waals surface area contributed by atoms with Crippen LogP contribution in [0.1, 0.15) is 12.2 Å². The molecule has 1 unspecified atom stereocenters. The molecule has 16 heteroatoms. The van der Waals surface area contributed by atoms with Gasteiger partial charge >= 0.3 is 6.61 Å². The number of anilines is 2. The van der Waals surface area contributed by atoms with E-state index in [4.69, 9.17) is 14.7 Å². The summed E-state index contributed by atoms with van der Waals surface area (Å²) in [7, 11) is 3.39. The largest absolute Gasteiger partial charge is 0.432 e. The van der Waals surface area contributed by atoms with Crippen LogP contribution in [0, 0.1) is 12.7 Å². The smallest absolute Gasteiger partial charge is 0.387 e. The number of ether oxygens (including phenoxy) is 2. The molecule has 1 fully saturated rings. The topological polar surface area (TPSA) is 128 Å². The van der Waals surface area contributed by atoms with E-state index in [-0.39, 0.29) is 29.4 Å². The molecule has 262 valence electrons. The summed E-state index contributed by atoms with van der Waals surface area (Å²) in [5.41, 5.74) is 3.82. The van der Waals surface area contributed by atoms with Gasteiger partial charge < -0.3 is 29.2 Å². The van der Waals surface area contributed by atoms with Crippen molar-refractivity contribution in [1.29, 1.82) is 0 Å². The van der Waals surface area contributed by atoms with Crippen molar-refractivity contribution in [2.45, 2.75) is 44.7 Å². The third-order valence-electron chi connectivity index (χ3n) is 9.48. The van der Waals surface area contributed by atoms with Crippen molar-refractivity contribution in [2.75, 3.05) is 37.5 Å². The van der Waals surface area contributed by atoms with Crippen LogP contribution in [-0.2, 0) is 16.1 Å². The molecule has 1 amide bonds. The number of hydrogen-bond donors (Lipinski definition) is 1. The molecule has 1 N–H and O–H groups in total. The first-order valence-electron chi connectivity index (χ1n) is 16.4. The van der Waals surface area contributed by atoms with Crippen molar-refractivity contribution in [3.8, 4) is 22.7 Å². The van der Waals surface area contributed by atoms with Gasteiger partial charge in [0.05, 0.1) is 41.0 Å². The van der Waals surface area contributed by atoms with Gasteiger partial charge in [-0.3, -0.25) is 4.79 Å². The van der Waals surface area contributed by atoms with E-state index in [0.717, 1.165) is 40.2 Å². The highest BCUT2D eigenvalue weighted by molar-refractivity contribution is 5.94. The number of pyridine rings is 1. The molecule has 3 atom stereocenters. The van der Waals surface area contributed by atoms with E-state index < -0.39 is 24.2 Å². The van der Waals surface area contributed by atoms with E-state index in [1.54, 1.807) is 19.1 Å². The Morgan fingerprint density at radius 3 is 2.69 bits per heavy atom. The lowest BCUT2D eigenvalue weighted by atomic mass is 10.1. The number of rotatable bonds is 5. The van der Waals surface area contributed by atoms with Gasteiger partial charge in [0.2, 0.25) is 5.91 Å². The van der Waals surface area contributed by atoms with Gasteiger partial charge in [-0.1, -0.05) is 18.2 Å². The zero-order chi connectivity index (χ0) is 35.4. The zero-order valence-corrected chi connectivity index (χ0v) is 27.9. The summed E-state index contributed by atoms with van der Waals surface area (Å²) in [5, 5.41) is 8.42. The molecule has 4 bridgehead atoms. The van der Waals surface area contributed by atoms with Crippen LogP contribution in [0.15, 0.2) is 67.1 Å². The third kappa shape index (κ3) is 5.84. The van der Waals surface area contributed by atoms with E-state index >= 15 is 0 Å². The van der Waals surface area contributed by atoms with Gasteiger partial charge in [0.1, 0.15) is 41.3 Å². The maximum absolute atomic E-state index is 14.4. The Bertz CT molecular complexity index is 2280. The zero-order valence-electron chi connectivity index (χ0n) is 27.9. The molecule has 13 nitrogen and oxygen atoms in total. The van der Waals surface area contributed by atoms with Crippen LogP contribution >= 0.6 is 0 Å². The number of hydrogen-bond acceptors (Lipinski definition) is 10. The summed E-state index contributed by atoms with van der Waals surface area (Å²) < 4.78 is 54.5. The van der Waals surface area contributed by atoms with Crippen LogP contribution in [0.25, 0.3) is 39.0 Å². The number of imidazole rings is 1. The lowest BCUT2D eigenvalue weighted by Crippen LogP contribution is -2.47. The predicted molar refractivity (Wildman–Crippen MR) is 183 cm³/mol. The van der Waals surface area contributed by atoms with E-state index in [2.05, 4.69) is 29.7 Å². The Hall–Kier alpha value is -5.77. The SMILES string of the molecule is COC1CN(C)C(=O)[C@@H]2C[C@@H](CN2c2ncnc3c2cnn3-c2ccc(F)cc2OC(F)F)Nc2cccc(n2)-c2cccc3nc(C)n(c23)C1. The van der Waals surface area contributed by atoms with Gasteiger partial charge in [-0.25, -0.2) is 29.0 Å². The lowest BCUT2D eigenvalue weighted by Gasteiger charge is -2.30. The number of nitrogens with zero attached hydrogens (tertiary/aromatic N) is 9. The minimum atomic E-state index is -3.18. The predicted octanol–water partition coefficient (Wildman–Crippen LogP) is 4.82. The molecule has 8 rings (SSSR count). The monoisotopic (exact) mass is 698 g/mol. The van der Waals surface area contributed by atoms with Crippen molar-refractivity contribution in [3.63, 3.8) is 0 Å². The first-order valence-corrected chi connectivity index (χ1v) is 16.4. The number of amides is 1. The third-order valence-corrected chi connectivity index (χ3v) is 9.48. The summed E-state index contributed by atoms with van der Waals surface area (Å²) in [4.78, 5) is 36.8. The number of carbonyl (C=O) groups is 1. The van der Waals surface area contributed by atoms with Crippen LogP contribution in [0.2, 0.25) is 0 Å². The average molecular weight is 699 g/mol. The number of alkyl halides is 2. The summed E-state index contributed by atoms with van der Waals surface area (Å²) in [6.45, 7) is -0.0975. The van der Waals surface area contributed by atoms with Crippen molar-refractivity contribution >= 4 is 39.6 Å². The normalized spacial score (nSPS) is 19.4. The highest BCUT2D eigenvalue weighted by Gasteiger charge is 2.41. The van der Waals surface area contributed by atoms with Crippen molar-refractivity contribution < 1.29 is 27.4 Å². The van der Waals surface area contributed by atoms with Crippen molar-refractivity contribution in [1.82, 2.24) is 39.2 Å². The number of aryl methyl sites for hydroxylation is 1. The van der Waals surface area contributed by atoms with Crippen LogP contribution in [0.4, 0.5) is 24.8 Å². The van der Waals surface area contributed by atoms with Crippen LogP contribution in [0.5, 0.6) is 5.75 Å². The molecule has 2 aromatic carbocycles. The van der Waals surface area contributed by atoms with Crippen molar-refractivity contribution in [2.24, 2.45) is 0 Å². The van der Waals surface area contributed by atoms with E-state index in [1.165, 1.54) is 23.3 Å². The highest BCUT2D eigenvalue weighted by atomic mass is 19.3. The van der Waals surface area contributed by atoms with Crippen LogP contribution < -0.4 is 15.0 Å². The molecule has 6 aromatic rings. The second kappa shape index (κ2) is 12.8. The average Bonchev–Trinajstić information content (AvgIpc) is 3.82. The summed E-state index contributed by atoms with van der Waals surface area (Å²) >= 11 is 0. The minimum absolute atomic E-state index is 0.0645. The van der Waals surface area contributed by atoms with E-state index in [1.807, 2.05) is 48.2 Å². The number of benzene rings is 2. The van der Waals surface area contributed by atoms with E-state index in [9.17, 15) is 18.0 Å². The molecule has 0 spiro atoms. The summed E-state index contributed by atoms with van der Waals surface area (Å²) in [6.07, 6.45) is 2.88. The fraction of sp³-hybridized carbons (Fsp3) is 0.314. The second-order valence-corrected chi connectivity index (χ2v) is 12.7. The maximum atomic E-state index is 14.4. The number of methoxy groups -OCH3 is 1. The lowest BCUT2D eigenvalue weighted by molar-refractivity contribution is -0.132. The fourth-order valence-electron chi connectivity index (χ4n) is 7.17. The number of carbonyl (C=O) groups excluding carboxylic acids is 1. The van der Waals surface area contributed by atoms with Gasteiger partial charge in [-0.05, 0) is 43.7 Å². The molecule has 2 aliphatic heterocycles. The number of halogens is 3. The molecule has 51 heavy (non-hydrogen) atoms.